The molecule has 0 spiro atoms. The highest BCUT2D eigenvalue weighted by Gasteiger charge is 2.31. The summed E-state index contributed by atoms with van der Waals surface area (Å²) in [5.41, 5.74) is 0.0763. The van der Waals surface area contributed by atoms with Gasteiger partial charge in [-0.05, 0) is 73.3 Å². The summed E-state index contributed by atoms with van der Waals surface area (Å²) in [5.74, 6) is 1.01. The molecule has 6 nitrogen and oxygen atoms in total. The van der Waals surface area contributed by atoms with Crippen LogP contribution in [0.15, 0.2) is 34.4 Å². The highest BCUT2D eigenvalue weighted by atomic mass is 35.5. The van der Waals surface area contributed by atoms with Gasteiger partial charge in [0.2, 0.25) is 5.28 Å². The lowest BCUT2D eigenvalue weighted by Crippen LogP contribution is -2.30. The second kappa shape index (κ2) is 8.43. The van der Waals surface area contributed by atoms with E-state index in [1.165, 1.54) is 18.2 Å². The van der Waals surface area contributed by atoms with Crippen LogP contribution < -0.4 is 4.90 Å². The predicted octanol–water partition coefficient (Wildman–Crippen LogP) is 5.38. The van der Waals surface area contributed by atoms with Crippen LogP contribution in [0, 0.1) is 6.92 Å². The van der Waals surface area contributed by atoms with Crippen LogP contribution in [0.1, 0.15) is 30.4 Å². The van der Waals surface area contributed by atoms with E-state index in [1.807, 2.05) is 6.07 Å². The minimum absolute atomic E-state index is 0.133. The van der Waals surface area contributed by atoms with Gasteiger partial charge in [0, 0.05) is 24.7 Å². The van der Waals surface area contributed by atoms with E-state index >= 15 is 0 Å². The Balaban J connectivity index is 1.57. The number of anilines is 1. The van der Waals surface area contributed by atoms with Gasteiger partial charge in [0.15, 0.2) is 11.0 Å². The normalized spacial score (nSPS) is 14.9. The van der Waals surface area contributed by atoms with Gasteiger partial charge in [0.1, 0.15) is 10.8 Å². The van der Waals surface area contributed by atoms with Crippen molar-refractivity contribution in [2.45, 2.75) is 42.5 Å². The Labute approximate surface area is 180 Å². The first kappa shape index (κ1) is 20.9. The maximum Gasteiger partial charge on any atom is 0.416 e. The fourth-order valence-electron chi connectivity index (χ4n) is 3.33. The van der Waals surface area contributed by atoms with Crippen LogP contribution in [0.5, 0.6) is 0 Å². The number of benzene rings is 1. The zero-order chi connectivity index (χ0) is 21.3. The first-order valence-corrected chi connectivity index (χ1v) is 10.6. The Morgan fingerprint density at radius 1 is 1.03 bits per heavy atom. The van der Waals surface area contributed by atoms with Gasteiger partial charge in [0.05, 0.1) is 5.56 Å². The zero-order valence-corrected chi connectivity index (χ0v) is 17.6. The molecule has 158 valence electrons. The minimum Gasteiger partial charge on any atom is -0.356 e. The Morgan fingerprint density at radius 3 is 2.53 bits per heavy atom. The summed E-state index contributed by atoms with van der Waals surface area (Å²) in [4.78, 5) is 13.7. The second-order valence-corrected chi connectivity index (χ2v) is 8.39. The lowest BCUT2D eigenvalue weighted by Gasteiger charge is -2.27. The van der Waals surface area contributed by atoms with Gasteiger partial charge in [-0.1, -0.05) is 0 Å². The number of nitrogens with zero attached hydrogens (tertiary/aromatic N) is 5. The quantitative estimate of drug-likeness (QED) is 0.421. The minimum atomic E-state index is -4.43. The molecule has 0 radical (unpaired) electrons. The van der Waals surface area contributed by atoms with Crippen molar-refractivity contribution >= 4 is 29.2 Å². The number of alkyl halides is 3. The molecule has 4 rings (SSSR count). The zero-order valence-electron chi connectivity index (χ0n) is 16.0. The van der Waals surface area contributed by atoms with E-state index < -0.39 is 11.7 Å². The van der Waals surface area contributed by atoms with Crippen LogP contribution in [-0.2, 0) is 6.18 Å². The van der Waals surface area contributed by atoms with E-state index in [0.717, 1.165) is 43.9 Å². The third-order valence-electron chi connectivity index (χ3n) is 4.69. The van der Waals surface area contributed by atoms with Crippen molar-refractivity contribution in [3.8, 4) is 11.4 Å². The van der Waals surface area contributed by atoms with Gasteiger partial charge in [-0.25, -0.2) is 9.97 Å². The third-order valence-corrected chi connectivity index (χ3v) is 5.65. The topological polar surface area (TPSA) is 70.6 Å². The molecule has 1 fully saturated rings. The number of H-pyrrole nitrogens is 1. The number of halogens is 4. The number of aromatic nitrogens is 5. The second-order valence-electron chi connectivity index (χ2n) is 7.05. The first-order chi connectivity index (χ1) is 14.3. The Bertz CT molecular complexity index is 1050. The summed E-state index contributed by atoms with van der Waals surface area (Å²) in [7, 11) is 0. The van der Waals surface area contributed by atoms with Crippen LogP contribution in [0.25, 0.3) is 11.4 Å². The van der Waals surface area contributed by atoms with Gasteiger partial charge in [-0.2, -0.15) is 13.2 Å². The molecular weight excluding hydrogens is 437 g/mol. The summed E-state index contributed by atoms with van der Waals surface area (Å²) >= 11 is 7.29. The average Bonchev–Trinajstić information content (AvgIpc) is 3.15. The molecule has 0 aliphatic carbocycles. The van der Waals surface area contributed by atoms with Crippen LogP contribution in [-0.4, -0.2) is 38.2 Å². The van der Waals surface area contributed by atoms with Crippen molar-refractivity contribution in [2.24, 2.45) is 0 Å². The van der Waals surface area contributed by atoms with E-state index in [-0.39, 0.29) is 11.1 Å². The fraction of sp³-hybridized carbons (Fsp3) is 0.368. The average molecular weight is 455 g/mol. The Kier molecular flexibility index (Phi) is 5.88. The smallest absolute Gasteiger partial charge is 0.356 e. The van der Waals surface area contributed by atoms with E-state index in [2.05, 4.69) is 30.0 Å². The molecule has 3 heterocycles. The van der Waals surface area contributed by atoms with Crippen LogP contribution >= 0.6 is 23.4 Å². The summed E-state index contributed by atoms with van der Waals surface area (Å²) in [6.45, 7) is 3.44. The molecule has 0 unspecified atom stereocenters. The molecule has 30 heavy (non-hydrogen) atoms. The first-order valence-electron chi connectivity index (χ1n) is 9.37. The van der Waals surface area contributed by atoms with E-state index in [0.29, 0.717) is 21.3 Å². The Morgan fingerprint density at radius 2 is 1.80 bits per heavy atom. The molecule has 1 saturated heterocycles. The standard InChI is InChI=1S/C19H18ClF3N6S/c1-11-7-12(9-13(8-11)19(21,22)23)16-26-18(28-27-16)30-15-10-14(24-17(20)25-15)29-5-3-2-4-6-29/h7-10H,2-6H2,1H3,(H,26,27,28). The lowest BCUT2D eigenvalue weighted by atomic mass is 10.1. The number of aromatic amines is 1. The predicted molar refractivity (Wildman–Crippen MR) is 109 cm³/mol. The molecule has 1 aliphatic rings. The van der Waals surface area contributed by atoms with Gasteiger partial charge >= 0.3 is 6.18 Å². The number of hydrogen-bond acceptors (Lipinski definition) is 6. The summed E-state index contributed by atoms with van der Waals surface area (Å²) in [5, 5.41) is 9.16. The highest BCUT2D eigenvalue weighted by Crippen LogP contribution is 2.34. The SMILES string of the molecule is Cc1cc(-c2nnc(Sc3cc(N4CCCCC4)nc(Cl)n3)[nH]2)cc(C(F)(F)F)c1. The molecule has 0 atom stereocenters. The van der Waals surface area contributed by atoms with Gasteiger partial charge < -0.3 is 9.88 Å². The number of aryl methyl sites for hydroxylation is 1. The molecule has 1 aliphatic heterocycles. The van der Waals surface area contributed by atoms with Crippen molar-refractivity contribution in [2.75, 3.05) is 18.0 Å². The summed E-state index contributed by atoms with van der Waals surface area (Å²) < 4.78 is 39.3. The molecule has 11 heteroatoms. The Hall–Kier alpha value is -2.33. The van der Waals surface area contributed by atoms with Gasteiger partial charge in [-0.15, -0.1) is 10.2 Å². The van der Waals surface area contributed by atoms with Crippen LogP contribution in [0.2, 0.25) is 5.28 Å². The molecule has 0 bridgehead atoms. The molecule has 0 amide bonds. The van der Waals surface area contributed by atoms with Crippen molar-refractivity contribution < 1.29 is 13.2 Å². The molecule has 3 aromatic rings. The maximum absolute atomic E-state index is 13.1. The van der Waals surface area contributed by atoms with E-state index in [1.54, 1.807) is 13.0 Å². The van der Waals surface area contributed by atoms with E-state index in [4.69, 9.17) is 11.6 Å². The molecule has 1 aromatic carbocycles. The number of rotatable bonds is 4. The lowest BCUT2D eigenvalue weighted by molar-refractivity contribution is -0.137. The summed E-state index contributed by atoms with van der Waals surface area (Å²) in [6.07, 6.45) is -1.02. The maximum atomic E-state index is 13.1. The molecule has 1 N–H and O–H groups in total. The monoisotopic (exact) mass is 454 g/mol. The van der Waals surface area contributed by atoms with Gasteiger partial charge in [0.25, 0.3) is 0 Å². The largest absolute Gasteiger partial charge is 0.416 e. The van der Waals surface area contributed by atoms with Gasteiger partial charge in [-0.3, -0.25) is 0 Å². The highest BCUT2D eigenvalue weighted by molar-refractivity contribution is 7.99. The molecule has 0 saturated carbocycles. The van der Waals surface area contributed by atoms with Crippen molar-refractivity contribution in [1.82, 2.24) is 25.1 Å². The van der Waals surface area contributed by atoms with Crippen molar-refractivity contribution in [1.29, 1.82) is 0 Å². The number of hydrogen-bond donors (Lipinski definition) is 1. The molecular formula is C19H18ClF3N6S. The van der Waals surface area contributed by atoms with Crippen LogP contribution in [0.4, 0.5) is 19.0 Å². The molecule has 2 aromatic heterocycles. The number of piperidine rings is 1. The van der Waals surface area contributed by atoms with Crippen molar-refractivity contribution in [3.05, 3.63) is 40.7 Å². The van der Waals surface area contributed by atoms with E-state index in [9.17, 15) is 13.2 Å². The fourth-order valence-corrected chi connectivity index (χ4v) is 4.28. The number of nitrogens with one attached hydrogen (secondary N) is 1. The van der Waals surface area contributed by atoms with Crippen LogP contribution in [0.3, 0.4) is 0 Å². The summed E-state index contributed by atoms with van der Waals surface area (Å²) in [6, 6.07) is 5.61. The third kappa shape index (κ3) is 4.86. The van der Waals surface area contributed by atoms with Crippen molar-refractivity contribution in [3.63, 3.8) is 0 Å².